The Morgan fingerprint density at radius 1 is 0.947 bits per heavy atom. The summed E-state index contributed by atoms with van der Waals surface area (Å²) in [7, 11) is 0. The van der Waals surface area contributed by atoms with Crippen LogP contribution >= 0.6 is 0 Å². The Morgan fingerprint density at radius 3 is 2.37 bits per heavy atom. The third-order valence-electron chi connectivity index (χ3n) is 3.48. The predicted octanol–water partition coefficient (Wildman–Crippen LogP) is 4.78. The third-order valence-corrected chi connectivity index (χ3v) is 3.48. The summed E-state index contributed by atoms with van der Waals surface area (Å²) in [6.45, 7) is 6.72. The zero-order chi connectivity index (χ0) is 13.8. The highest BCUT2D eigenvalue weighted by Gasteiger charge is 2.07. The molecule has 2 heteroatoms. The highest BCUT2D eigenvalue weighted by molar-refractivity contribution is 5.97. The van der Waals surface area contributed by atoms with Gasteiger partial charge in [0.2, 0.25) is 0 Å². The van der Waals surface area contributed by atoms with Crippen molar-refractivity contribution in [1.82, 2.24) is 0 Å². The smallest absolute Gasteiger partial charge is 0.123 e. The molecule has 2 aromatic rings. The van der Waals surface area contributed by atoms with Crippen molar-refractivity contribution in [3.63, 3.8) is 0 Å². The number of nitrogens with one attached hydrogen (secondary N) is 1. The lowest BCUT2D eigenvalue weighted by molar-refractivity contribution is 0.481. The van der Waals surface area contributed by atoms with E-state index in [-0.39, 0.29) is 0 Å². The number of fused-ring (bicyclic) bond motifs is 1. The molecule has 0 aliphatic rings. The van der Waals surface area contributed by atoms with E-state index < -0.39 is 0 Å². The fourth-order valence-electron chi connectivity index (χ4n) is 2.34. The second-order valence-corrected chi connectivity index (χ2v) is 5.69. The molecule has 0 aliphatic heterocycles. The summed E-state index contributed by atoms with van der Waals surface area (Å²) in [6.07, 6.45) is 2.39. The molecular weight excluding hydrogens is 234 g/mol. The molecule has 102 valence electrons. The first-order chi connectivity index (χ1) is 9.08. The Balaban J connectivity index is 2.19. The van der Waals surface area contributed by atoms with E-state index in [4.69, 9.17) is 0 Å². The molecule has 0 saturated carbocycles. The van der Waals surface area contributed by atoms with Crippen LogP contribution in [0.25, 0.3) is 10.8 Å². The van der Waals surface area contributed by atoms with Crippen molar-refractivity contribution >= 4 is 16.5 Å². The minimum absolute atomic E-state index is 0.344. The van der Waals surface area contributed by atoms with Gasteiger partial charge in [0.1, 0.15) is 5.75 Å². The number of benzene rings is 2. The molecule has 2 N–H and O–H groups in total. The Morgan fingerprint density at radius 2 is 1.63 bits per heavy atom. The molecule has 0 fully saturated rings. The van der Waals surface area contributed by atoms with Crippen molar-refractivity contribution in [2.45, 2.75) is 39.7 Å². The Kier molecular flexibility index (Phi) is 4.31. The molecule has 1 atom stereocenters. The number of phenolic OH excluding ortho intramolecular Hbond substituents is 1. The Labute approximate surface area is 115 Å². The van der Waals surface area contributed by atoms with Gasteiger partial charge >= 0.3 is 0 Å². The average molecular weight is 257 g/mol. The van der Waals surface area contributed by atoms with Crippen LogP contribution in [0.5, 0.6) is 5.75 Å². The molecule has 0 spiro atoms. The Hall–Kier alpha value is -1.70. The third kappa shape index (κ3) is 3.40. The van der Waals surface area contributed by atoms with E-state index in [2.05, 4.69) is 32.2 Å². The van der Waals surface area contributed by atoms with Crippen molar-refractivity contribution in [2.24, 2.45) is 5.92 Å². The highest BCUT2D eigenvalue weighted by atomic mass is 16.3. The van der Waals surface area contributed by atoms with Gasteiger partial charge in [-0.2, -0.15) is 0 Å². The van der Waals surface area contributed by atoms with E-state index in [0.29, 0.717) is 11.8 Å². The maximum atomic E-state index is 9.88. The van der Waals surface area contributed by atoms with Crippen LogP contribution < -0.4 is 5.32 Å². The lowest BCUT2D eigenvalue weighted by atomic mass is 10.0. The van der Waals surface area contributed by atoms with E-state index in [9.17, 15) is 5.11 Å². The van der Waals surface area contributed by atoms with Crippen LogP contribution in [0.15, 0.2) is 36.4 Å². The standard InChI is InChI=1S/C17H23NO/c1-12(2)10-11-13(3)18-16-8-4-7-15-14(16)6-5-9-17(15)19/h4-9,12-13,18-19H,10-11H2,1-3H3. The predicted molar refractivity (Wildman–Crippen MR) is 82.8 cm³/mol. The Bertz CT molecular complexity index is 548. The van der Waals surface area contributed by atoms with Crippen LogP contribution in [-0.2, 0) is 0 Å². The molecule has 2 nitrogen and oxygen atoms in total. The summed E-state index contributed by atoms with van der Waals surface area (Å²) >= 11 is 0. The number of aromatic hydroxyl groups is 1. The van der Waals surface area contributed by atoms with Crippen LogP contribution in [0.4, 0.5) is 5.69 Å². The van der Waals surface area contributed by atoms with Gasteiger partial charge < -0.3 is 10.4 Å². The first-order valence-electron chi connectivity index (χ1n) is 7.05. The van der Waals surface area contributed by atoms with E-state index in [0.717, 1.165) is 28.8 Å². The maximum Gasteiger partial charge on any atom is 0.123 e. The second kappa shape index (κ2) is 5.96. The summed E-state index contributed by atoms with van der Waals surface area (Å²) in [4.78, 5) is 0. The normalized spacial score (nSPS) is 12.8. The summed E-state index contributed by atoms with van der Waals surface area (Å²) in [6, 6.07) is 12.1. The second-order valence-electron chi connectivity index (χ2n) is 5.69. The highest BCUT2D eigenvalue weighted by Crippen LogP contribution is 2.30. The van der Waals surface area contributed by atoms with Gasteiger partial charge in [-0.25, -0.2) is 0 Å². The van der Waals surface area contributed by atoms with Gasteiger partial charge in [-0.15, -0.1) is 0 Å². The number of hydrogen-bond donors (Lipinski definition) is 2. The lowest BCUT2D eigenvalue weighted by Crippen LogP contribution is -2.15. The van der Waals surface area contributed by atoms with Crippen LogP contribution in [0.3, 0.4) is 0 Å². The molecule has 2 rings (SSSR count). The topological polar surface area (TPSA) is 32.3 Å². The van der Waals surface area contributed by atoms with E-state index in [1.807, 2.05) is 24.3 Å². The van der Waals surface area contributed by atoms with Gasteiger partial charge in [0.25, 0.3) is 0 Å². The van der Waals surface area contributed by atoms with Gasteiger partial charge in [0, 0.05) is 22.5 Å². The molecule has 2 aromatic carbocycles. The molecule has 19 heavy (non-hydrogen) atoms. The first kappa shape index (κ1) is 13.7. The minimum atomic E-state index is 0.344. The molecule has 0 radical (unpaired) electrons. The number of rotatable bonds is 5. The van der Waals surface area contributed by atoms with Gasteiger partial charge in [-0.1, -0.05) is 38.1 Å². The maximum absolute atomic E-state index is 9.88. The van der Waals surface area contributed by atoms with Gasteiger partial charge in [-0.05, 0) is 37.8 Å². The SMILES string of the molecule is CC(C)CCC(C)Nc1cccc2c(O)cccc12. The zero-order valence-electron chi connectivity index (χ0n) is 12.0. The molecule has 0 heterocycles. The largest absolute Gasteiger partial charge is 0.507 e. The molecule has 0 aliphatic carbocycles. The monoisotopic (exact) mass is 257 g/mol. The number of hydrogen-bond acceptors (Lipinski definition) is 2. The van der Waals surface area contributed by atoms with Crippen molar-refractivity contribution in [1.29, 1.82) is 0 Å². The number of phenols is 1. The molecular formula is C17H23NO. The van der Waals surface area contributed by atoms with E-state index in [1.165, 1.54) is 6.42 Å². The quantitative estimate of drug-likeness (QED) is 0.807. The zero-order valence-corrected chi connectivity index (χ0v) is 12.0. The summed E-state index contributed by atoms with van der Waals surface area (Å²) in [5.74, 6) is 1.08. The van der Waals surface area contributed by atoms with Gasteiger partial charge in [-0.3, -0.25) is 0 Å². The summed E-state index contributed by atoms with van der Waals surface area (Å²) < 4.78 is 0. The molecule has 0 bridgehead atoms. The summed E-state index contributed by atoms with van der Waals surface area (Å²) in [5.41, 5.74) is 1.10. The molecule has 0 saturated heterocycles. The van der Waals surface area contributed by atoms with Crippen LogP contribution in [-0.4, -0.2) is 11.1 Å². The van der Waals surface area contributed by atoms with E-state index >= 15 is 0 Å². The summed E-state index contributed by atoms with van der Waals surface area (Å²) in [5, 5.41) is 15.4. The molecule has 0 aromatic heterocycles. The van der Waals surface area contributed by atoms with Crippen LogP contribution in [0.1, 0.15) is 33.6 Å². The van der Waals surface area contributed by atoms with Crippen molar-refractivity contribution < 1.29 is 5.11 Å². The molecule has 1 unspecified atom stereocenters. The fourth-order valence-corrected chi connectivity index (χ4v) is 2.34. The lowest BCUT2D eigenvalue weighted by Gasteiger charge is -2.18. The fraction of sp³-hybridized carbons (Fsp3) is 0.412. The molecule has 0 amide bonds. The first-order valence-corrected chi connectivity index (χ1v) is 7.05. The average Bonchev–Trinajstić information content (AvgIpc) is 2.38. The van der Waals surface area contributed by atoms with E-state index in [1.54, 1.807) is 6.07 Å². The van der Waals surface area contributed by atoms with Crippen molar-refractivity contribution in [3.8, 4) is 5.75 Å². The minimum Gasteiger partial charge on any atom is -0.507 e. The van der Waals surface area contributed by atoms with Gasteiger partial charge in [0.15, 0.2) is 0 Å². The van der Waals surface area contributed by atoms with Crippen molar-refractivity contribution in [2.75, 3.05) is 5.32 Å². The van der Waals surface area contributed by atoms with Crippen LogP contribution in [0, 0.1) is 5.92 Å². The van der Waals surface area contributed by atoms with Crippen LogP contribution in [0.2, 0.25) is 0 Å². The number of anilines is 1. The van der Waals surface area contributed by atoms with Gasteiger partial charge in [0.05, 0.1) is 0 Å². The van der Waals surface area contributed by atoms with Crippen molar-refractivity contribution in [3.05, 3.63) is 36.4 Å².